The van der Waals surface area contributed by atoms with Crippen molar-refractivity contribution in [2.24, 2.45) is 5.92 Å². The fourth-order valence-electron chi connectivity index (χ4n) is 2.49. The van der Waals surface area contributed by atoms with Gasteiger partial charge in [0.25, 0.3) is 0 Å². The average molecular weight is 354 g/mol. The van der Waals surface area contributed by atoms with E-state index < -0.39 is 30.3 Å². The number of benzene rings is 1. The maximum Gasteiger partial charge on any atom is 0.303 e. The molecule has 1 fully saturated rings. The van der Waals surface area contributed by atoms with Crippen LogP contribution in [0, 0.1) is 5.92 Å². The highest BCUT2D eigenvalue weighted by atomic mass is 32.2. The third-order valence-electron chi connectivity index (χ3n) is 3.73. The first kappa shape index (κ1) is 18.8. The van der Waals surface area contributed by atoms with Crippen molar-refractivity contribution in [3.05, 3.63) is 30.3 Å². The van der Waals surface area contributed by atoms with E-state index in [0.717, 1.165) is 4.90 Å². The largest absolute Gasteiger partial charge is 0.463 e. The Hall–Kier alpha value is -1.57. The predicted molar refractivity (Wildman–Crippen MR) is 88.3 cm³/mol. The van der Waals surface area contributed by atoms with Gasteiger partial charge in [0.2, 0.25) is 0 Å². The lowest BCUT2D eigenvalue weighted by molar-refractivity contribution is -0.207. The van der Waals surface area contributed by atoms with Crippen molar-refractivity contribution in [2.45, 2.75) is 49.4 Å². The zero-order valence-electron chi connectivity index (χ0n) is 13.9. The van der Waals surface area contributed by atoms with Crippen LogP contribution in [0.5, 0.6) is 0 Å². The summed E-state index contributed by atoms with van der Waals surface area (Å²) in [6.45, 7) is 4.32. The average Bonchev–Trinajstić information content (AvgIpc) is 2.54. The molecule has 132 valence electrons. The van der Waals surface area contributed by atoms with Crippen LogP contribution in [0.1, 0.15) is 20.8 Å². The SMILES string of the molecule is CC(=O)OCC1O[C@@H](Sc2ccccc2)[C@@H](C)C(O)[C@H]1OC(C)=O. The second-order valence-electron chi connectivity index (χ2n) is 5.70. The van der Waals surface area contributed by atoms with Gasteiger partial charge >= 0.3 is 11.9 Å². The van der Waals surface area contributed by atoms with Crippen LogP contribution in [-0.2, 0) is 23.8 Å². The van der Waals surface area contributed by atoms with Crippen LogP contribution in [0.4, 0.5) is 0 Å². The first-order chi connectivity index (χ1) is 11.4. The minimum atomic E-state index is -0.913. The van der Waals surface area contributed by atoms with Crippen LogP contribution in [0.3, 0.4) is 0 Å². The first-order valence-electron chi connectivity index (χ1n) is 7.74. The molecule has 1 heterocycles. The minimum absolute atomic E-state index is 0.0804. The van der Waals surface area contributed by atoms with E-state index in [2.05, 4.69) is 0 Å². The van der Waals surface area contributed by atoms with Gasteiger partial charge in [0, 0.05) is 24.7 Å². The summed E-state index contributed by atoms with van der Waals surface area (Å²) >= 11 is 1.47. The van der Waals surface area contributed by atoms with Crippen molar-refractivity contribution in [1.29, 1.82) is 0 Å². The van der Waals surface area contributed by atoms with E-state index in [-0.39, 0.29) is 18.0 Å². The Morgan fingerprint density at radius 3 is 2.46 bits per heavy atom. The molecule has 1 aromatic rings. The quantitative estimate of drug-likeness (QED) is 0.810. The molecule has 0 spiro atoms. The summed E-state index contributed by atoms with van der Waals surface area (Å²) in [6.07, 6.45) is -2.50. The lowest BCUT2D eigenvalue weighted by Gasteiger charge is -2.42. The summed E-state index contributed by atoms with van der Waals surface area (Å²) in [6, 6.07) is 9.66. The van der Waals surface area contributed by atoms with Crippen molar-refractivity contribution in [3.63, 3.8) is 0 Å². The van der Waals surface area contributed by atoms with E-state index in [4.69, 9.17) is 14.2 Å². The Morgan fingerprint density at radius 1 is 1.21 bits per heavy atom. The van der Waals surface area contributed by atoms with Gasteiger partial charge in [-0.25, -0.2) is 0 Å². The molecule has 0 saturated carbocycles. The van der Waals surface area contributed by atoms with Crippen molar-refractivity contribution in [3.8, 4) is 0 Å². The minimum Gasteiger partial charge on any atom is -0.463 e. The lowest BCUT2D eigenvalue weighted by atomic mass is 9.93. The highest BCUT2D eigenvalue weighted by Crippen LogP contribution is 2.37. The van der Waals surface area contributed by atoms with Crippen LogP contribution < -0.4 is 0 Å². The molecule has 0 aromatic heterocycles. The standard InChI is InChI=1S/C17H22O6S/c1-10-15(20)16(22-12(3)19)14(9-21-11(2)18)23-17(10)24-13-7-5-4-6-8-13/h4-8,10,14-17,20H,9H2,1-3H3/t10-,14?,15?,16-,17-/m0/s1. The lowest BCUT2D eigenvalue weighted by Crippen LogP contribution is -2.55. The third-order valence-corrected chi connectivity index (χ3v) is 5.05. The number of ether oxygens (including phenoxy) is 3. The van der Waals surface area contributed by atoms with E-state index >= 15 is 0 Å². The van der Waals surface area contributed by atoms with Crippen LogP contribution in [0.15, 0.2) is 35.2 Å². The predicted octanol–water partition coefficient (Wildman–Crippen LogP) is 2.00. The van der Waals surface area contributed by atoms with E-state index in [1.54, 1.807) is 0 Å². The Kier molecular flexibility index (Phi) is 6.65. The molecule has 0 aliphatic carbocycles. The summed E-state index contributed by atoms with van der Waals surface area (Å²) in [7, 11) is 0. The summed E-state index contributed by atoms with van der Waals surface area (Å²) in [4.78, 5) is 23.4. The molecule has 2 rings (SSSR count). The van der Waals surface area contributed by atoms with Gasteiger partial charge in [0.15, 0.2) is 6.10 Å². The number of rotatable bonds is 5. The summed E-state index contributed by atoms with van der Waals surface area (Å²) in [5.41, 5.74) is -0.352. The normalized spacial score (nSPS) is 29.8. The molecule has 1 saturated heterocycles. The molecular weight excluding hydrogens is 332 g/mol. The van der Waals surface area contributed by atoms with Crippen LogP contribution in [0.25, 0.3) is 0 Å². The third kappa shape index (κ3) is 4.96. The van der Waals surface area contributed by atoms with Crippen LogP contribution >= 0.6 is 11.8 Å². The maximum atomic E-state index is 11.3. The second kappa shape index (κ2) is 8.50. The van der Waals surface area contributed by atoms with Gasteiger partial charge in [-0.15, -0.1) is 0 Å². The maximum absolute atomic E-state index is 11.3. The van der Waals surface area contributed by atoms with Crippen molar-refractivity contribution in [2.75, 3.05) is 6.61 Å². The molecule has 0 radical (unpaired) electrons. The number of hydrogen-bond acceptors (Lipinski definition) is 7. The number of esters is 2. The smallest absolute Gasteiger partial charge is 0.303 e. The summed E-state index contributed by atoms with van der Waals surface area (Å²) < 4.78 is 16.2. The first-order valence-corrected chi connectivity index (χ1v) is 8.62. The number of thioether (sulfide) groups is 1. The highest BCUT2D eigenvalue weighted by molar-refractivity contribution is 7.99. The highest BCUT2D eigenvalue weighted by Gasteiger charge is 2.45. The van der Waals surface area contributed by atoms with Gasteiger partial charge in [-0.1, -0.05) is 36.9 Å². The van der Waals surface area contributed by atoms with E-state index in [0.29, 0.717) is 0 Å². The zero-order chi connectivity index (χ0) is 17.7. The molecule has 5 atom stereocenters. The molecular formula is C17H22O6S. The van der Waals surface area contributed by atoms with Crippen molar-refractivity contribution >= 4 is 23.7 Å². The number of hydrogen-bond donors (Lipinski definition) is 1. The summed E-state index contributed by atoms with van der Waals surface area (Å²) in [5, 5.41) is 10.6. The Labute approximate surface area is 145 Å². The molecule has 1 aliphatic rings. The van der Waals surface area contributed by atoms with Crippen LogP contribution in [0.2, 0.25) is 0 Å². The Morgan fingerprint density at radius 2 is 1.88 bits per heavy atom. The molecule has 7 heteroatoms. The van der Waals surface area contributed by atoms with Gasteiger partial charge in [-0.3, -0.25) is 9.59 Å². The molecule has 1 aromatic carbocycles. The van der Waals surface area contributed by atoms with Gasteiger partial charge in [0.1, 0.15) is 18.1 Å². The van der Waals surface area contributed by atoms with Gasteiger partial charge < -0.3 is 19.3 Å². The number of aliphatic hydroxyl groups excluding tert-OH is 1. The van der Waals surface area contributed by atoms with Crippen molar-refractivity contribution < 1.29 is 28.9 Å². The Balaban J connectivity index is 2.13. The number of aliphatic hydroxyl groups is 1. The van der Waals surface area contributed by atoms with Gasteiger partial charge in [-0.05, 0) is 12.1 Å². The molecule has 6 nitrogen and oxygen atoms in total. The Bertz CT molecular complexity index is 563. The molecule has 1 aliphatic heterocycles. The second-order valence-corrected chi connectivity index (χ2v) is 6.87. The number of carbonyl (C=O) groups is 2. The van der Waals surface area contributed by atoms with Gasteiger partial charge in [-0.2, -0.15) is 0 Å². The van der Waals surface area contributed by atoms with Crippen LogP contribution in [-0.4, -0.2) is 47.4 Å². The monoisotopic (exact) mass is 354 g/mol. The summed E-state index contributed by atoms with van der Waals surface area (Å²) in [5.74, 6) is -1.24. The molecule has 0 bridgehead atoms. The number of carbonyl (C=O) groups excluding carboxylic acids is 2. The molecule has 0 amide bonds. The van der Waals surface area contributed by atoms with E-state index in [9.17, 15) is 14.7 Å². The topological polar surface area (TPSA) is 82.1 Å². The van der Waals surface area contributed by atoms with Gasteiger partial charge in [0.05, 0.1) is 6.10 Å². The van der Waals surface area contributed by atoms with E-state index in [1.807, 2.05) is 37.3 Å². The molecule has 24 heavy (non-hydrogen) atoms. The molecule has 1 N–H and O–H groups in total. The fourth-order valence-corrected chi connectivity index (χ4v) is 3.65. The molecule has 2 unspecified atom stereocenters. The van der Waals surface area contributed by atoms with E-state index in [1.165, 1.54) is 25.6 Å². The zero-order valence-corrected chi connectivity index (χ0v) is 14.7. The van der Waals surface area contributed by atoms with Crippen molar-refractivity contribution in [1.82, 2.24) is 0 Å². The fraction of sp³-hybridized carbons (Fsp3) is 0.529.